The molecular formula is C17H28OSi. The smallest absolute Gasteiger partial charge is 0.122 e. The van der Waals surface area contributed by atoms with Crippen molar-refractivity contribution >= 4 is 9.52 Å². The Bertz CT molecular complexity index is 362. The molecule has 0 N–H and O–H groups in total. The molecule has 0 aliphatic heterocycles. The van der Waals surface area contributed by atoms with E-state index >= 15 is 0 Å². The quantitative estimate of drug-likeness (QED) is 0.585. The van der Waals surface area contributed by atoms with Gasteiger partial charge in [0.15, 0.2) is 0 Å². The van der Waals surface area contributed by atoms with Gasteiger partial charge in [0.05, 0.1) is 6.61 Å². The van der Waals surface area contributed by atoms with Gasteiger partial charge in [0, 0.05) is 9.52 Å². The Morgan fingerprint density at radius 1 is 1.32 bits per heavy atom. The van der Waals surface area contributed by atoms with Crippen molar-refractivity contribution in [2.45, 2.75) is 45.6 Å². The first-order chi connectivity index (χ1) is 9.31. The third kappa shape index (κ3) is 6.10. The normalized spacial score (nSPS) is 12.7. The second-order valence-corrected chi connectivity index (χ2v) is 6.82. The van der Waals surface area contributed by atoms with E-state index in [1.165, 1.54) is 31.2 Å². The molecule has 0 bridgehead atoms. The number of benzene rings is 1. The predicted molar refractivity (Wildman–Crippen MR) is 87.7 cm³/mol. The van der Waals surface area contributed by atoms with Gasteiger partial charge in [0.25, 0.3) is 0 Å². The predicted octanol–water partition coefficient (Wildman–Crippen LogP) is 4.09. The average molecular weight is 276 g/mol. The Balaban J connectivity index is 2.52. The van der Waals surface area contributed by atoms with Crippen LogP contribution in [0.3, 0.4) is 0 Å². The Morgan fingerprint density at radius 2 is 2.11 bits per heavy atom. The molecule has 0 spiro atoms. The molecule has 1 aromatic carbocycles. The van der Waals surface area contributed by atoms with Gasteiger partial charge in [-0.2, -0.15) is 0 Å². The summed E-state index contributed by atoms with van der Waals surface area (Å²) in [5.41, 5.74) is 3.46. The zero-order chi connectivity index (χ0) is 13.9. The van der Waals surface area contributed by atoms with Crippen molar-refractivity contribution < 1.29 is 4.74 Å². The van der Waals surface area contributed by atoms with Crippen LogP contribution in [0.2, 0.25) is 0 Å². The van der Waals surface area contributed by atoms with E-state index in [4.69, 9.17) is 4.74 Å². The second-order valence-electron chi connectivity index (χ2n) is 5.16. The van der Waals surface area contributed by atoms with E-state index in [9.17, 15) is 0 Å². The van der Waals surface area contributed by atoms with Gasteiger partial charge in [0.2, 0.25) is 0 Å². The van der Waals surface area contributed by atoms with E-state index in [0.29, 0.717) is 5.92 Å². The molecule has 1 atom stereocenters. The molecule has 0 amide bonds. The van der Waals surface area contributed by atoms with Gasteiger partial charge in [-0.25, -0.2) is 0 Å². The van der Waals surface area contributed by atoms with Crippen molar-refractivity contribution in [2.75, 3.05) is 6.61 Å². The molecule has 1 unspecified atom stereocenters. The van der Waals surface area contributed by atoms with Crippen LogP contribution in [0, 0.1) is 5.92 Å². The maximum Gasteiger partial charge on any atom is 0.122 e. The monoisotopic (exact) mass is 276 g/mol. The molecule has 0 saturated heterocycles. The lowest BCUT2D eigenvalue weighted by molar-refractivity contribution is 0.232. The zero-order valence-corrected chi connectivity index (χ0v) is 13.9. The van der Waals surface area contributed by atoms with Crippen LogP contribution in [0.15, 0.2) is 36.5 Å². The summed E-state index contributed by atoms with van der Waals surface area (Å²) in [5.74, 6) is 1.79. The standard InChI is InChI=1S/C17H28OSi/c1-4-7-10-15(5-2)13-18-17-12-9-8-11-16(17)14-19-6-3/h6,8-9,11-12,15H,3-5,7,10,13-14,19H2,1-2H3. The first-order valence-corrected chi connectivity index (χ1v) is 9.45. The Hall–Kier alpha value is -1.02. The zero-order valence-electron chi connectivity index (χ0n) is 12.5. The van der Waals surface area contributed by atoms with Gasteiger partial charge in [0.1, 0.15) is 5.75 Å². The van der Waals surface area contributed by atoms with Crippen molar-refractivity contribution in [1.82, 2.24) is 0 Å². The molecule has 0 aromatic heterocycles. The highest BCUT2D eigenvalue weighted by Gasteiger charge is 2.08. The molecule has 19 heavy (non-hydrogen) atoms. The number of hydrogen-bond acceptors (Lipinski definition) is 1. The Labute approximate surface area is 120 Å². The fraction of sp³-hybridized carbons (Fsp3) is 0.529. The van der Waals surface area contributed by atoms with E-state index in [-0.39, 0.29) is 9.52 Å². The summed E-state index contributed by atoms with van der Waals surface area (Å²) in [6, 6.07) is 9.64. The second kappa shape index (κ2) is 9.85. The summed E-state index contributed by atoms with van der Waals surface area (Å²) in [7, 11) is -0.169. The molecule has 106 valence electrons. The highest BCUT2D eigenvalue weighted by molar-refractivity contribution is 6.41. The number of rotatable bonds is 10. The highest BCUT2D eigenvalue weighted by Crippen LogP contribution is 2.21. The number of unbranched alkanes of at least 4 members (excludes halogenated alkanes) is 1. The van der Waals surface area contributed by atoms with Crippen LogP contribution in [0.4, 0.5) is 0 Å². The van der Waals surface area contributed by atoms with Crippen LogP contribution in [0.1, 0.15) is 45.1 Å². The van der Waals surface area contributed by atoms with Crippen molar-refractivity contribution in [2.24, 2.45) is 5.92 Å². The van der Waals surface area contributed by atoms with Gasteiger partial charge in [-0.1, -0.05) is 51.3 Å². The fourth-order valence-corrected chi connectivity index (χ4v) is 3.14. The minimum atomic E-state index is -0.169. The lowest BCUT2D eigenvalue weighted by Crippen LogP contribution is -2.12. The first kappa shape index (κ1) is 16.0. The lowest BCUT2D eigenvalue weighted by Gasteiger charge is -2.17. The maximum atomic E-state index is 6.07. The summed E-state index contributed by atoms with van der Waals surface area (Å²) in [6.07, 6.45) is 5.09. The molecule has 0 aliphatic carbocycles. The van der Waals surface area contributed by atoms with E-state index in [2.05, 4.69) is 50.4 Å². The van der Waals surface area contributed by atoms with Crippen LogP contribution < -0.4 is 4.74 Å². The highest BCUT2D eigenvalue weighted by atomic mass is 28.2. The van der Waals surface area contributed by atoms with E-state index in [0.717, 1.165) is 18.4 Å². The molecule has 1 nitrogen and oxygen atoms in total. The van der Waals surface area contributed by atoms with E-state index < -0.39 is 0 Å². The minimum Gasteiger partial charge on any atom is -0.493 e. The van der Waals surface area contributed by atoms with Crippen molar-refractivity contribution in [3.8, 4) is 5.75 Å². The molecule has 0 saturated carbocycles. The molecule has 0 fully saturated rings. The van der Waals surface area contributed by atoms with Gasteiger partial charge in [-0.05, 0) is 30.0 Å². The van der Waals surface area contributed by atoms with Crippen LogP contribution in [-0.2, 0) is 6.04 Å². The third-order valence-corrected chi connectivity index (χ3v) is 4.84. The molecule has 2 heteroatoms. The molecule has 0 aliphatic rings. The van der Waals surface area contributed by atoms with Gasteiger partial charge in [-0.3, -0.25) is 0 Å². The molecular weight excluding hydrogens is 248 g/mol. The number of ether oxygens (including phenoxy) is 1. The van der Waals surface area contributed by atoms with Gasteiger partial charge >= 0.3 is 0 Å². The van der Waals surface area contributed by atoms with Crippen LogP contribution >= 0.6 is 0 Å². The summed E-state index contributed by atoms with van der Waals surface area (Å²) in [6.45, 7) is 9.23. The van der Waals surface area contributed by atoms with Crippen molar-refractivity contribution in [3.05, 3.63) is 42.1 Å². The Morgan fingerprint density at radius 3 is 2.79 bits per heavy atom. The molecule has 0 radical (unpaired) electrons. The summed E-state index contributed by atoms with van der Waals surface area (Å²) in [5, 5.41) is 0. The minimum absolute atomic E-state index is 0.169. The van der Waals surface area contributed by atoms with Crippen LogP contribution in [-0.4, -0.2) is 16.1 Å². The van der Waals surface area contributed by atoms with Gasteiger partial charge < -0.3 is 4.74 Å². The Kier molecular flexibility index (Phi) is 8.31. The lowest BCUT2D eigenvalue weighted by atomic mass is 10.0. The summed E-state index contributed by atoms with van der Waals surface area (Å²) < 4.78 is 6.07. The molecule has 1 aromatic rings. The van der Waals surface area contributed by atoms with Crippen molar-refractivity contribution in [1.29, 1.82) is 0 Å². The van der Waals surface area contributed by atoms with Crippen LogP contribution in [0.5, 0.6) is 5.75 Å². The van der Waals surface area contributed by atoms with E-state index in [1.54, 1.807) is 0 Å². The van der Waals surface area contributed by atoms with E-state index in [1.807, 2.05) is 0 Å². The van der Waals surface area contributed by atoms with Crippen molar-refractivity contribution in [3.63, 3.8) is 0 Å². The first-order valence-electron chi connectivity index (χ1n) is 7.63. The number of hydrogen-bond donors (Lipinski definition) is 0. The largest absolute Gasteiger partial charge is 0.493 e. The fourth-order valence-electron chi connectivity index (χ4n) is 2.21. The maximum absolute atomic E-state index is 6.07. The summed E-state index contributed by atoms with van der Waals surface area (Å²) >= 11 is 0. The number of para-hydroxylation sites is 1. The summed E-state index contributed by atoms with van der Waals surface area (Å²) in [4.78, 5) is 0. The molecule has 1 rings (SSSR count). The van der Waals surface area contributed by atoms with Crippen LogP contribution in [0.25, 0.3) is 0 Å². The molecule has 0 heterocycles. The third-order valence-electron chi connectivity index (χ3n) is 3.61. The van der Waals surface area contributed by atoms with Gasteiger partial charge in [-0.15, -0.1) is 12.3 Å². The average Bonchev–Trinajstić information content (AvgIpc) is 2.46. The topological polar surface area (TPSA) is 9.23 Å². The SMILES string of the molecule is C=C[SiH2]Cc1ccccc1OCC(CC)CCCC.